The van der Waals surface area contributed by atoms with Crippen molar-refractivity contribution in [3.63, 3.8) is 0 Å². The Bertz CT molecular complexity index is 583. The minimum Gasteiger partial charge on any atom is -0.370 e. The molecule has 17 heavy (non-hydrogen) atoms. The molecule has 2 aromatic carbocycles. The lowest BCUT2D eigenvalue weighted by Gasteiger charge is -2.07. The second-order valence-corrected chi connectivity index (χ2v) is 3.88. The van der Waals surface area contributed by atoms with Crippen LogP contribution < -0.4 is 16.8 Å². The number of aliphatic imine (C=N–C) groups is 1. The standard InChI is InChI=1S/C12H12N4S/c13-11(14)16-12(17)15-10-7-3-5-8-4-1-2-6-9(8)10/h1-7H,(H5,13,14,15,16,17). The van der Waals surface area contributed by atoms with E-state index in [0.29, 0.717) is 0 Å². The fourth-order valence-corrected chi connectivity index (χ4v) is 1.81. The van der Waals surface area contributed by atoms with Crippen LogP contribution >= 0.6 is 12.2 Å². The molecule has 0 unspecified atom stereocenters. The third-order valence-corrected chi connectivity index (χ3v) is 2.46. The van der Waals surface area contributed by atoms with Gasteiger partial charge in [-0.15, -0.1) is 0 Å². The molecular formula is C12H12N4S. The lowest BCUT2D eigenvalue weighted by Crippen LogP contribution is -2.25. The van der Waals surface area contributed by atoms with Crippen LogP contribution in [0.2, 0.25) is 0 Å². The number of guanidine groups is 1. The predicted molar refractivity (Wildman–Crippen MR) is 76.0 cm³/mol. The Morgan fingerprint density at radius 3 is 2.53 bits per heavy atom. The summed E-state index contributed by atoms with van der Waals surface area (Å²) in [5.74, 6) is -0.0530. The van der Waals surface area contributed by atoms with Crippen molar-refractivity contribution in [2.24, 2.45) is 16.5 Å². The highest BCUT2D eigenvalue weighted by Gasteiger charge is 2.01. The summed E-state index contributed by atoms with van der Waals surface area (Å²) in [5.41, 5.74) is 11.4. The van der Waals surface area contributed by atoms with Gasteiger partial charge in [0.05, 0.1) is 0 Å². The van der Waals surface area contributed by atoms with Crippen molar-refractivity contribution >= 4 is 39.7 Å². The molecule has 0 aliphatic carbocycles. The molecule has 0 bridgehead atoms. The molecule has 4 nitrogen and oxygen atoms in total. The summed E-state index contributed by atoms with van der Waals surface area (Å²) >= 11 is 5.02. The minimum atomic E-state index is -0.0530. The van der Waals surface area contributed by atoms with Crippen molar-refractivity contribution in [2.45, 2.75) is 0 Å². The highest BCUT2D eigenvalue weighted by molar-refractivity contribution is 7.80. The molecule has 0 aliphatic rings. The van der Waals surface area contributed by atoms with Gasteiger partial charge in [-0.1, -0.05) is 36.4 Å². The average Bonchev–Trinajstić information content (AvgIpc) is 2.28. The number of hydrogen-bond donors (Lipinski definition) is 3. The van der Waals surface area contributed by atoms with Crippen molar-refractivity contribution in [3.05, 3.63) is 42.5 Å². The van der Waals surface area contributed by atoms with Gasteiger partial charge in [-0.05, 0) is 23.7 Å². The van der Waals surface area contributed by atoms with Crippen molar-refractivity contribution in [2.75, 3.05) is 5.32 Å². The van der Waals surface area contributed by atoms with Crippen LogP contribution in [-0.2, 0) is 0 Å². The third kappa shape index (κ3) is 2.70. The van der Waals surface area contributed by atoms with E-state index >= 15 is 0 Å². The van der Waals surface area contributed by atoms with E-state index in [4.69, 9.17) is 23.7 Å². The van der Waals surface area contributed by atoms with Gasteiger partial charge < -0.3 is 16.8 Å². The first-order valence-electron chi connectivity index (χ1n) is 5.05. The molecular weight excluding hydrogens is 232 g/mol. The molecule has 0 aliphatic heterocycles. The van der Waals surface area contributed by atoms with Gasteiger partial charge in [0.25, 0.3) is 0 Å². The van der Waals surface area contributed by atoms with Crippen LogP contribution in [0.4, 0.5) is 5.69 Å². The Morgan fingerprint density at radius 1 is 1.06 bits per heavy atom. The fraction of sp³-hybridized carbons (Fsp3) is 0. The highest BCUT2D eigenvalue weighted by Crippen LogP contribution is 2.22. The Labute approximate surface area is 104 Å². The number of rotatable bonds is 1. The summed E-state index contributed by atoms with van der Waals surface area (Å²) in [7, 11) is 0. The summed E-state index contributed by atoms with van der Waals surface area (Å²) in [6, 6.07) is 13.9. The van der Waals surface area contributed by atoms with Crippen molar-refractivity contribution < 1.29 is 0 Å². The van der Waals surface area contributed by atoms with E-state index in [2.05, 4.69) is 10.3 Å². The SMILES string of the molecule is NC(N)=NC(=S)Nc1cccc2ccccc12. The first-order chi connectivity index (χ1) is 8.16. The topological polar surface area (TPSA) is 76.4 Å². The zero-order chi connectivity index (χ0) is 12.3. The Kier molecular flexibility index (Phi) is 3.20. The maximum absolute atomic E-state index is 5.26. The van der Waals surface area contributed by atoms with E-state index in [-0.39, 0.29) is 11.1 Å². The number of anilines is 1. The van der Waals surface area contributed by atoms with Gasteiger partial charge in [0.15, 0.2) is 5.96 Å². The number of nitrogens with one attached hydrogen (secondary N) is 1. The quantitative estimate of drug-likeness (QED) is 0.406. The molecule has 0 saturated carbocycles. The molecule has 0 saturated heterocycles. The summed E-state index contributed by atoms with van der Waals surface area (Å²) in [4.78, 5) is 3.77. The number of thiocarbonyl (C=S) groups is 1. The second kappa shape index (κ2) is 4.80. The van der Waals surface area contributed by atoms with Gasteiger partial charge >= 0.3 is 0 Å². The largest absolute Gasteiger partial charge is 0.370 e. The summed E-state index contributed by atoms with van der Waals surface area (Å²) < 4.78 is 0. The van der Waals surface area contributed by atoms with E-state index in [0.717, 1.165) is 16.5 Å². The van der Waals surface area contributed by atoms with E-state index in [1.807, 2.05) is 42.5 Å². The van der Waals surface area contributed by atoms with Gasteiger partial charge in [0.1, 0.15) is 0 Å². The lowest BCUT2D eigenvalue weighted by atomic mass is 10.1. The number of hydrogen-bond acceptors (Lipinski definition) is 1. The normalized spacial score (nSPS) is 9.88. The van der Waals surface area contributed by atoms with Crippen LogP contribution in [-0.4, -0.2) is 11.1 Å². The first kappa shape index (κ1) is 11.3. The molecule has 0 radical (unpaired) electrons. The molecule has 0 amide bonds. The van der Waals surface area contributed by atoms with E-state index in [9.17, 15) is 0 Å². The first-order valence-corrected chi connectivity index (χ1v) is 5.46. The molecule has 5 N–H and O–H groups in total. The fourth-order valence-electron chi connectivity index (χ4n) is 1.59. The highest BCUT2D eigenvalue weighted by atomic mass is 32.1. The predicted octanol–water partition coefficient (Wildman–Crippen LogP) is 1.81. The minimum absolute atomic E-state index is 0.0530. The monoisotopic (exact) mass is 244 g/mol. The summed E-state index contributed by atoms with van der Waals surface area (Å²) in [6.45, 7) is 0. The summed E-state index contributed by atoms with van der Waals surface area (Å²) in [5, 5.41) is 5.45. The third-order valence-electron chi connectivity index (χ3n) is 2.26. The van der Waals surface area contributed by atoms with Gasteiger partial charge in [-0.3, -0.25) is 0 Å². The van der Waals surface area contributed by atoms with Crippen LogP contribution in [0.5, 0.6) is 0 Å². The molecule has 0 aromatic heterocycles. The van der Waals surface area contributed by atoms with Gasteiger partial charge in [-0.25, -0.2) is 0 Å². The molecule has 2 aromatic rings. The number of nitrogens with zero attached hydrogens (tertiary/aromatic N) is 1. The molecule has 0 spiro atoms. The van der Waals surface area contributed by atoms with Gasteiger partial charge in [0.2, 0.25) is 5.11 Å². The van der Waals surface area contributed by atoms with E-state index < -0.39 is 0 Å². The van der Waals surface area contributed by atoms with Crippen molar-refractivity contribution in [1.29, 1.82) is 0 Å². The lowest BCUT2D eigenvalue weighted by molar-refractivity contribution is 1.49. The van der Waals surface area contributed by atoms with Gasteiger partial charge in [0, 0.05) is 11.1 Å². The zero-order valence-corrected chi connectivity index (χ0v) is 9.87. The molecule has 0 heterocycles. The second-order valence-electron chi connectivity index (χ2n) is 3.49. The Hall–Kier alpha value is -2.14. The zero-order valence-electron chi connectivity index (χ0n) is 9.05. The number of nitrogens with two attached hydrogens (primary N) is 2. The molecule has 0 atom stereocenters. The van der Waals surface area contributed by atoms with Crippen molar-refractivity contribution in [3.8, 4) is 0 Å². The van der Waals surface area contributed by atoms with E-state index in [1.165, 1.54) is 0 Å². The molecule has 5 heteroatoms. The molecule has 2 rings (SSSR count). The Morgan fingerprint density at radius 2 is 1.76 bits per heavy atom. The van der Waals surface area contributed by atoms with Crippen LogP contribution in [0.3, 0.4) is 0 Å². The van der Waals surface area contributed by atoms with Crippen LogP contribution in [0, 0.1) is 0 Å². The molecule has 86 valence electrons. The molecule has 0 fully saturated rings. The smallest absolute Gasteiger partial charge is 0.200 e. The Balaban J connectivity index is 2.36. The van der Waals surface area contributed by atoms with Crippen molar-refractivity contribution in [1.82, 2.24) is 0 Å². The number of benzene rings is 2. The van der Waals surface area contributed by atoms with Gasteiger partial charge in [-0.2, -0.15) is 4.99 Å². The van der Waals surface area contributed by atoms with E-state index in [1.54, 1.807) is 0 Å². The van der Waals surface area contributed by atoms with Crippen LogP contribution in [0.25, 0.3) is 10.8 Å². The maximum atomic E-state index is 5.26. The number of fused-ring (bicyclic) bond motifs is 1. The van der Waals surface area contributed by atoms with Crippen LogP contribution in [0.1, 0.15) is 0 Å². The maximum Gasteiger partial charge on any atom is 0.200 e. The van der Waals surface area contributed by atoms with Crippen LogP contribution in [0.15, 0.2) is 47.5 Å². The summed E-state index contributed by atoms with van der Waals surface area (Å²) in [6.07, 6.45) is 0. The average molecular weight is 244 g/mol.